The Balaban J connectivity index is 2.04. The van der Waals surface area contributed by atoms with Gasteiger partial charge in [0, 0.05) is 18.0 Å². The summed E-state index contributed by atoms with van der Waals surface area (Å²) in [7, 11) is 0. The fourth-order valence-corrected chi connectivity index (χ4v) is 4.31. The topological polar surface area (TPSA) is 93.9 Å². The predicted molar refractivity (Wildman–Crippen MR) is 103 cm³/mol. The van der Waals surface area contributed by atoms with E-state index < -0.39 is 0 Å². The van der Waals surface area contributed by atoms with Crippen LogP contribution < -0.4 is 16.0 Å². The molecule has 1 aromatic rings. The number of hydrogen-bond acceptors (Lipinski definition) is 6. The van der Waals surface area contributed by atoms with E-state index in [-0.39, 0.29) is 30.1 Å². The monoisotopic (exact) mass is 375 g/mol. The fraction of sp³-hybridized carbons (Fsp3) is 0.600. The van der Waals surface area contributed by atoms with Gasteiger partial charge in [-0.25, -0.2) is 9.59 Å². The molecule has 3 N–H and O–H groups in total. The summed E-state index contributed by atoms with van der Waals surface area (Å²) >= 11 is 0. The zero-order chi connectivity index (χ0) is 19.4. The Morgan fingerprint density at radius 1 is 1.26 bits per heavy atom. The lowest BCUT2D eigenvalue weighted by Gasteiger charge is -2.43. The molecule has 1 fully saturated rings. The number of nitrogens with two attached hydrogens (primary N) is 1. The van der Waals surface area contributed by atoms with Gasteiger partial charge in [0.2, 0.25) is 0 Å². The number of nitrogens with zero attached hydrogens (tertiary/aromatic N) is 1. The molecule has 1 aromatic carbocycles. The quantitative estimate of drug-likeness (QED) is 0.742. The summed E-state index contributed by atoms with van der Waals surface area (Å²) in [5.41, 5.74) is 8.01. The first-order valence-electron chi connectivity index (χ1n) is 9.82. The lowest BCUT2D eigenvalue weighted by molar-refractivity contribution is 0.0526. The number of fused-ring (bicyclic) bond motifs is 3. The van der Waals surface area contributed by atoms with Crippen LogP contribution in [-0.2, 0) is 9.47 Å². The van der Waals surface area contributed by atoms with Gasteiger partial charge < -0.3 is 20.5 Å². The van der Waals surface area contributed by atoms with Crippen LogP contribution in [-0.4, -0.2) is 44.4 Å². The number of anilines is 1. The highest BCUT2D eigenvalue weighted by atomic mass is 16.6. The maximum atomic E-state index is 12.8. The van der Waals surface area contributed by atoms with E-state index in [1.54, 1.807) is 24.8 Å². The molecule has 0 aromatic heterocycles. The third-order valence-electron chi connectivity index (χ3n) is 5.40. The highest BCUT2D eigenvalue weighted by Gasteiger charge is 2.46. The van der Waals surface area contributed by atoms with Gasteiger partial charge in [-0.2, -0.15) is 0 Å². The molecule has 3 unspecified atom stereocenters. The number of rotatable bonds is 6. The zero-order valence-electron chi connectivity index (χ0n) is 16.1. The molecule has 3 rings (SSSR count). The van der Waals surface area contributed by atoms with Crippen molar-refractivity contribution in [2.75, 3.05) is 31.2 Å². The van der Waals surface area contributed by atoms with Crippen molar-refractivity contribution in [1.82, 2.24) is 5.32 Å². The Bertz CT molecular complexity index is 694. The summed E-state index contributed by atoms with van der Waals surface area (Å²) in [6.07, 6.45) is 2.31. The van der Waals surface area contributed by atoms with E-state index in [0.717, 1.165) is 37.1 Å². The molecule has 0 spiro atoms. The molecule has 0 saturated carbocycles. The molecular weight excluding hydrogens is 346 g/mol. The number of amides is 1. The molecule has 2 heterocycles. The van der Waals surface area contributed by atoms with E-state index in [2.05, 4.69) is 5.32 Å². The fourth-order valence-electron chi connectivity index (χ4n) is 4.31. The van der Waals surface area contributed by atoms with Crippen LogP contribution in [0.4, 0.5) is 10.5 Å². The summed E-state index contributed by atoms with van der Waals surface area (Å²) in [5.74, 6) is -0.0753. The van der Waals surface area contributed by atoms with Crippen molar-refractivity contribution in [2.45, 2.75) is 45.2 Å². The number of nitrogens with one attached hydrogen (secondary N) is 1. The average Bonchev–Trinajstić information content (AvgIpc) is 3.15. The predicted octanol–water partition coefficient (Wildman–Crippen LogP) is 2.60. The summed E-state index contributed by atoms with van der Waals surface area (Å²) in [4.78, 5) is 26.8. The van der Waals surface area contributed by atoms with Crippen LogP contribution in [0.1, 0.15) is 55.1 Å². The number of hydrogen-bond donors (Lipinski definition) is 2. The van der Waals surface area contributed by atoms with Crippen LogP contribution in [0.3, 0.4) is 0 Å². The molecule has 1 saturated heterocycles. The smallest absolute Gasteiger partial charge is 0.414 e. The van der Waals surface area contributed by atoms with Crippen LogP contribution in [0.5, 0.6) is 0 Å². The first kappa shape index (κ1) is 19.6. The number of carbonyl (C=O) groups is 2. The van der Waals surface area contributed by atoms with Crippen molar-refractivity contribution >= 4 is 17.7 Å². The zero-order valence-corrected chi connectivity index (χ0v) is 16.1. The first-order valence-corrected chi connectivity index (χ1v) is 9.82. The summed E-state index contributed by atoms with van der Waals surface area (Å²) in [6, 6.07) is 5.56. The minimum Gasteiger partial charge on any atom is -0.462 e. The molecular formula is C20H29N3O4. The highest BCUT2D eigenvalue weighted by Crippen LogP contribution is 2.46. The van der Waals surface area contributed by atoms with Crippen molar-refractivity contribution in [2.24, 2.45) is 11.7 Å². The SMILES string of the molecule is CCOC(=O)c1ccc2c(c1)C1NCCC1C(CCCN)N2C(=O)OCC. The minimum atomic E-state index is -0.345. The van der Waals surface area contributed by atoms with Crippen LogP contribution in [0.2, 0.25) is 0 Å². The van der Waals surface area contributed by atoms with Crippen molar-refractivity contribution in [1.29, 1.82) is 0 Å². The van der Waals surface area contributed by atoms with Crippen LogP contribution >= 0.6 is 0 Å². The maximum Gasteiger partial charge on any atom is 0.414 e. The second-order valence-corrected chi connectivity index (χ2v) is 6.95. The van der Waals surface area contributed by atoms with Gasteiger partial charge in [-0.1, -0.05) is 0 Å². The molecule has 27 heavy (non-hydrogen) atoms. The Labute approximate surface area is 160 Å². The van der Waals surface area contributed by atoms with E-state index in [9.17, 15) is 9.59 Å². The van der Waals surface area contributed by atoms with Gasteiger partial charge in [0.25, 0.3) is 0 Å². The highest BCUT2D eigenvalue weighted by molar-refractivity contribution is 5.94. The summed E-state index contributed by atoms with van der Waals surface area (Å²) < 4.78 is 10.5. The third-order valence-corrected chi connectivity index (χ3v) is 5.40. The van der Waals surface area contributed by atoms with Crippen LogP contribution in [0.15, 0.2) is 18.2 Å². The van der Waals surface area contributed by atoms with Gasteiger partial charge in [0.1, 0.15) is 0 Å². The maximum absolute atomic E-state index is 12.8. The number of esters is 1. The lowest BCUT2D eigenvalue weighted by atomic mass is 9.79. The molecule has 0 radical (unpaired) electrons. The lowest BCUT2D eigenvalue weighted by Crippen LogP contribution is -2.50. The average molecular weight is 375 g/mol. The van der Waals surface area contributed by atoms with Gasteiger partial charge in [-0.05, 0) is 70.0 Å². The van der Waals surface area contributed by atoms with Crippen LogP contribution in [0, 0.1) is 5.92 Å². The van der Waals surface area contributed by atoms with Gasteiger partial charge in [-0.15, -0.1) is 0 Å². The summed E-state index contributed by atoms with van der Waals surface area (Å²) in [6.45, 7) is 5.72. The normalized spacial score (nSPS) is 23.5. The molecule has 7 heteroatoms. The van der Waals surface area contributed by atoms with E-state index in [1.807, 2.05) is 12.1 Å². The molecule has 7 nitrogen and oxygen atoms in total. The molecule has 3 atom stereocenters. The first-order chi connectivity index (χ1) is 13.1. The van der Waals surface area contributed by atoms with E-state index in [1.165, 1.54) is 0 Å². The van der Waals surface area contributed by atoms with Crippen molar-refractivity contribution in [3.8, 4) is 0 Å². The third kappa shape index (κ3) is 3.80. The van der Waals surface area contributed by atoms with Gasteiger partial charge >= 0.3 is 12.1 Å². The van der Waals surface area contributed by atoms with Crippen molar-refractivity contribution in [3.63, 3.8) is 0 Å². The Hall–Kier alpha value is -2.12. The molecule has 0 bridgehead atoms. The Morgan fingerprint density at radius 3 is 2.74 bits per heavy atom. The largest absolute Gasteiger partial charge is 0.462 e. The van der Waals surface area contributed by atoms with E-state index in [0.29, 0.717) is 25.3 Å². The Kier molecular flexibility index (Phi) is 6.34. The molecule has 148 valence electrons. The molecule has 0 aliphatic carbocycles. The minimum absolute atomic E-state index is 0.0357. The molecule has 2 aliphatic heterocycles. The van der Waals surface area contributed by atoms with E-state index >= 15 is 0 Å². The molecule has 2 aliphatic rings. The van der Waals surface area contributed by atoms with Gasteiger partial charge in [0.05, 0.1) is 24.5 Å². The second-order valence-electron chi connectivity index (χ2n) is 6.95. The Morgan fingerprint density at radius 2 is 2.04 bits per heavy atom. The number of carbonyl (C=O) groups excluding carboxylic acids is 2. The van der Waals surface area contributed by atoms with Crippen LogP contribution in [0.25, 0.3) is 0 Å². The van der Waals surface area contributed by atoms with Gasteiger partial charge in [-0.3, -0.25) is 4.90 Å². The number of benzene rings is 1. The van der Waals surface area contributed by atoms with E-state index in [4.69, 9.17) is 15.2 Å². The van der Waals surface area contributed by atoms with Crippen molar-refractivity contribution in [3.05, 3.63) is 29.3 Å². The van der Waals surface area contributed by atoms with Gasteiger partial charge in [0.15, 0.2) is 0 Å². The summed E-state index contributed by atoms with van der Waals surface area (Å²) in [5, 5.41) is 3.55. The molecule has 1 amide bonds. The van der Waals surface area contributed by atoms with Crippen molar-refractivity contribution < 1.29 is 19.1 Å². The number of ether oxygens (including phenoxy) is 2. The second kappa shape index (κ2) is 8.71. The standard InChI is InChI=1S/C20H29N3O4/c1-3-26-19(24)13-7-8-17-15(12-13)18-14(9-11-22-18)16(6-5-10-21)23(17)20(25)27-4-2/h7-8,12,14,16,18,22H,3-6,9-11,21H2,1-2H3.